The van der Waals surface area contributed by atoms with Crippen molar-refractivity contribution >= 4 is 39.8 Å². The normalized spacial score (nSPS) is 17.1. The van der Waals surface area contributed by atoms with Gasteiger partial charge in [0.05, 0.1) is 6.10 Å². The molecule has 1 heterocycles. The lowest BCUT2D eigenvalue weighted by Gasteiger charge is -2.32. The first kappa shape index (κ1) is 32.3. The Hall–Kier alpha value is -3.23. The molecule has 224 valence electrons. The van der Waals surface area contributed by atoms with Crippen LogP contribution < -0.4 is 10.1 Å². The molecule has 10 nitrogen and oxygen atoms in total. The minimum atomic E-state index is -5.04. The van der Waals surface area contributed by atoms with E-state index in [1.165, 1.54) is 43.3 Å². The molecule has 0 spiro atoms. The molecule has 2 atom stereocenters. The first-order chi connectivity index (χ1) is 19.0. The standard InChI is InChI=1S/C27H33F2N3O7S2/c1-16(2)38-25(34)21(13-17-7-10-19(11-8-17)39-26(35)31(5)6)32(24(33)23-30-27(3,4)15-40-23)41(36,37)22-12-9-18(28)14-20(22)29/h7-12,14,16,21,23,30H,13,15H2,1-6H3/t21-,23-/m0/s1. The molecule has 2 aromatic rings. The predicted octanol–water partition coefficient (Wildman–Crippen LogP) is 3.55. The molecule has 41 heavy (non-hydrogen) atoms. The molecule has 1 saturated heterocycles. The largest absolute Gasteiger partial charge is 0.461 e. The number of carbonyl (C=O) groups excluding carboxylic acids is 3. The van der Waals surface area contributed by atoms with Crippen molar-refractivity contribution in [2.24, 2.45) is 0 Å². The summed E-state index contributed by atoms with van der Waals surface area (Å²) in [4.78, 5) is 39.4. The van der Waals surface area contributed by atoms with Crippen molar-refractivity contribution < 1.29 is 41.1 Å². The number of nitrogens with zero attached hydrogens (tertiary/aromatic N) is 2. The predicted molar refractivity (Wildman–Crippen MR) is 149 cm³/mol. The summed E-state index contributed by atoms with van der Waals surface area (Å²) < 4.78 is 67.2. The molecule has 0 radical (unpaired) electrons. The van der Waals surface area contributed by atoms with Gasteiger partial charge in [-0.05, 0) is 57.5 Å². The summed E-state index contributed by atoms with van der Waals surface area (Å²) in [6.45, 7) is 6.75. The lowest BCUT2D eigenvalue weighted by Crippen LogP contribution is -2.56. The quantitative estimate of drug-likeness (QED) is 0.423. The van der Waals surface area contributed by atoms with Crippen LogP contribution in [0.25, 0.3) is 0 Å². The number of sulfonamides is 1. The van der Waals surface area contributed by atoms with Gasteiger partial charge in [-0.3, -0.25) is 10.1 Å². The zero-order valence-corrected chi connectivity index (χ0v) is 25.1. The molecule has 2 aromatic carbocycles. The smallest absolute Gasteiger partial charge is 0.414 e. The summed E-state index contributed by atoms with van der Waals surface area (Å²) in [5, 5.41) is 1.96. The fraction of sp³-hybridized carbons (Fsp3) is 0.444. The minimum Gasteiger partial charge on any atom is -0.461 e. The summed E-state index contributed by atoms with van der Waals surface area (Å²) in [7, 11) is -2.02. The molecule has 0 bridgehead atoms. The lowest BCUT2D eigenvalue weighted by molar-refractivity contribution is -0.155. The third kappa shape index (κ3) is 7.95. The number of hydrogen-bond donors (Lipinski definition) is 1. The molecular formula is C27H33F2N3O7S2. The maximum absolute atomic E-state index is 14.8. The van der Waals surface area contributed by atoms with Crippen molar-refractivity contribution in [3.8, 4) is 5.75 Å². The van der Waals surface area contributed by atoms with Crippen LogP contribution in [0.5, 0.6) is 5.75 Å². The van der Waals surface area contributed by atoms with E-state index in [0.717, 1.165) is 17.8 Å². The summed E-state index contributed by atoms with van der Waals surface area (Å²) in [6, 6.07) is 5.97. The fourth-order valence-corrected chi connectivity index (χ4v) is 6.88. The van der Waals surface area contributed by atoms with E-state index in [-0.39, 0.29) is 12.2 Å². The van der Waals surface area contributed by atoms with E-state index in [2.05, 4.69) is 5.32 Å². The third-order valence-corrected chi connectivity index (χ3v) is 9.22. The molecule has 0 saturated carbocycles. The van der Waals surface area contributed by atoms with Gasteiger partial charge in [0.2, 0.25) is 0 Å². The van der Waals surface area contributed by atoms with Gasteiger partial charge < -0.3 is 14.4 Å². The molecular weight excluding hydrogens is 580 g/mol. The number of nitrogens with one attached hydrogen (secondary N) is 1. The number of benzene rings is 2. The maximum atomic E-state index is 14.8. The van der Waals surface area contributed by atoms with Crippen LogP contribution in [0.1, 0.15) is 33.3 Å². The number of hydrogen-bond acceptors (Lipinski definition) is 9. The molecule has 2 amide bonds. The van der Waals surface area contributed by atoms with Gasteiger partial charge in [0.1, 0.15) is 33.7 Å². The Morgan fingerprint density at radius 1 is 1.10 bits per heavy atom. The SMILES string of the molecule is CC(C)OC(=O)[C@H](Cc1ccc(OC(=O)N(C)C)cc1)N(C(=O)[C@H]1NC(C)(C)CS1)S(=O)(=O)c1ccc(F)cc1F. The van der Waals surface area contributed by atoms with Crippen molar-refractivity contribution in [3.05, 3.63) is 59.7 Å². The van der Waals surface area contributed by atoms with Gasteiger partial charge in [-0.25, -0.2) is 31.1 Å². The van der Waals surface area contributed by atoms with Crippen LogP contribution in [0.4, 0.5) is 13.6 Å². The second-order valence-corrected chi connectivity index (χ2v) is 13.4. The van der Waals surface area contributed by atoms with Crippen molar-refractivity contribution in [2.75, 3.05) is 19.8 Å². The van der Waals surface area contributed by atoms with Gasteiger partial charge >= 0.3 is 12.1 Å². The van der Waals surface area contributed by atoms with Gasteiger partial charge in [-0.1, -0.05) is 12.1 Å². The highest BCUT2D eigenvalue weighted by Crippen LogP contribution is 2.32. The highest BCUT2D eigenvalue weighted by atomic mass is 32.2. The summed E-state index contributed by atoms with van der Waals surface area (Å²) in [5.74, 6) is -3.83. The Bertz CT molecular complexity index is 1400. The first-order valence-electron chi connectivity index (χ1n) is 12.6. The van der Waals surface area contributed by atoms with E-state index in [9.17, 15) is 31.6 Å². The van der Waals surface area contributed by atoms with Crippen molar-refractivity contribution in [2.45, 2.75) is 62.1 Å². The third-order valence-electron chi connectivity index (χ3n) is 5.83. The van der Waals surface area contributed by atoms with Crippen LogP contribution in [0.2, 0.25) is 0 Å². The molecule has 1 aliphatic rings. The van der Waals surface area contributed by atoms with Gasteiger partial charge in [0.25, 0.3) is 15.9 Å². The average molecular weight is 614 g/mol. The number of rotatable bonds is 9. The van der Waals surface area contributed by atoms with Crippen LogP contribution in [0.3, 0.4) is 0 Å². The van der Waals surface area contributed by atoms with Crippen LogP contribution in [0.15, 0.2) is 47.4 Å². The molecule has 0 unspecified atom stereocenters. The van der Waals surface area contributed by atoms with E-state index in [1.807, 2.05) is 13.8 Å². The van der Waals surface area contributed by atoms with Crippen LogP contribution in [-0.2, 0) is 30.8 Å². The van der Waals surface area contributed by atoms with Crippen LogP contribution in [0, 0.1) is 11.6 Å². The number of amides is 2. The first-order valence-corrected chi connectivity index (χ1v) is 15.1. The van der Waals surface area contributed by atoms with Crippen molar-refractivity contribution in [1.82, 2.24) is 14.5 Å². The van der Waals surface area contributed by atoms with Gasteiger partial charge in [0, 0.05) is 37.9 Å². The molecule has 14 heteroatoms. The van der Waals surface area contributed by atoms with Crippen LogP contribution >= 0.6 is 11.8 Å². The fourth-order valence-electron chi connectivity index (χ4n) is 3.89. The van der Waals surface area contributed by atoms with E-state index in [1.54, 1.807) is 13.8 Å². The van der Waals surface area contributed by atoms with E-state index in [0.29, 0.717) is 27.8 Å². The van der Waals surface area contributed by atoms with E-state index >= 15 is 0 Å². The molecule has 3 rings (SSSR count). The number of halogens is 2. The van der Waals surface area contributed by atoms with Crippen LogP contribution in [-0.4, -0.2) is 78.5 Å². The molecule has 1 N–H and O–H groups in total. The number of carbonyl (C=O) groups is 3. The Kier molecular flexibility index (Phi) is 10.0. The zero-order chi connectivity index (χ0) is 30.7. The number of thioether (sulfide) groups is 1. The summed E-state index contributed by atoms with van der Waals surface area (Å²) in [5.41, 5.74) is -0.143. The second-order valence-electron chi connectivity index (χ2n) is 10.5. The minimum absolute atomic E-state index is 0.191. The second kappa shape index (κ2) is 12.7. The van der Waals surface area contributed by atoms with E-state index in [4.69, 9.17) is 9.47 Å². The molecule has 0 aliphatic carbocycles. The zero-order valence-electron chi connectivity index (χ0n) is 23.5. The average Bonchev–Trinajstić information content (AvgIpc) is 3.23. The van der Waals surface area contributed by atoms with Gasteiger partial charge in [-0.2, -0.15) is 0 Å². The van der Waals surface area contributed by atoms with Gasteiger partial charge in [0.15, 0.2) is 0 Å². The Labute approximate surface area is 242 Å². The Morgan fingerprint density at radius 3 is 2.24 bits per heavy atom. The summed E-state index contributed by atoms with van der Waals surface area (Å²) >= 11 is 1.14. The molecule has 0 aromatic heterocycles. The maximum Gasteiger partial charge on any atom is 0.414 e. The van der Waals surface area contributed by atoms with E-state index < -0.39 is 67.6 Å². The highest BCUT2D eigenvalue weighted by molar-refractivity contribution is 8.01. The monoisotopic (exact) mass is 613 g/mol. The molecule has 1 aliphatic heterocycles. The van der Waals surface area contributed by atoms with Crippen molar-refractivity contribution in [3.63, 3.8) is 0 Å². The Balaban J connectivity index is 2.10. The number of esters is 1. The Morgan fingerprint density at radius 2 is 1.73 bits per heavy atom. The number of ether oxygens (including phenoxy) is 2. The molecule has 1 fully saturated rings. The lowest BCUT2D eigenvalue weighted by atomic mass is 10.1. The summed E-state index contributed by atoms with van der Waals surface area (Å²) in [6.07, 6.45) is -1.63. The topological polar surface area (TPSA) is 122 Å². The van der Waals surface area contributed by atoms with Gasteiger partial charge in [-0.15, -0.1) is 11.8 Å². The van der Waals surface area contributed by atoms with Crippen molar-refractivity contribution in [1.29, 1.82) is 0 Å². The highest BCUT2D eigenvalue weighted by Gasteiger charge is 2.47.